The molecule has 5 N–H and O–H groups in total. The summed E-state index contributed by atoms with van der Waals surface area (Å²) in [6.45, 7) is 4.90. The lowest BCUT2D eigenvalue weighted by Gasteiger charge is -2.31. The quantitative estimate of drug-likeness (QED) is 0.230. The number of benzene rings is 1. The third-order valence-corrected chi connectivity index (χ3v) is 8.04. The number of carbonyl (C=O) groups excluding carboxylic acids is 1. The number of piperidine rings is 1. The van der Waals surface area contributed by atoms with Gasteiger partial charge in [-0.15, -0.1) is 0 Å². The van der Waals surface area contributed by atoms with Gasteiger partial charge in [-0.1, -0.05) is 29.9 Å². The van der Waals surface area contributed by atoms with Gasteiger partial charge in [-0.05, 0) is 45.0 Å². The van der Waals surface area contributed by atoms with Crippen molar-refractivity contribution in [1.29, 1.82) is 0 Å². The molecule has 0 aliphatic carbocycles. The number of nitrogens with zero attached hydrogens (tertiary/aromatic N) is 5. The molecule has 3 heterocycles. The second-order valence-corrected chi connectivity index (χ2v) is 12.1. The third-order valence-electron chi connectivity index (χ3n) is 6.88. The van der Waals surface area contributed by atoms with Crippen LogP contribution in [0.1, 0.15) is 37.0 Å². The molecule has 0 bridgehead atoms. The highest BCUT2D eigenvalue weighted by molar-refractivity contribution is 7.92. The number of fused-ring (bicyclic) bond motifs is 1. The molecule has 0 spiro atoms. The maximum atomic E-state index is 13.9. The number of aryl methyl sites for hydroxylation is 1. The fourth-order valence-corrected chi connectivity index (χ4v) is 5.78. The number of nitrogens with one attached hydrogen (secondary N) is 1. The van der Waals surface area contributed by atoms with Crippen LogP contribution in [0.25, 0.3) is 11.2 Å². The first-order valence-electron chi connectivity index (χ1n) is 13.3. The van der Waals surface area contributed by atoms with Crippen LogP contribution in [-0.2, 0) is 30.2 Å². The first-order valence-corrected chi connectivity index (χ1v) is 14.9. The normalized spacial score (nSPS) is 15.9. The summed E-state index contributed by atoms with van der Waals surface area (Å²) in [6, 6.07) is 5.97. The average molecular weight is 585 g/mol. The van der Waals surface area contributed by atoms with Gasteiger partial charge in [0.1, 0.15) is 0 Å². The number of hydrogen-bond donors (Lipinski definition) is 3. The van der Waals surface area contributed by atoms with Crippen LogP contribution >= 0.6 is 0 Å². The number of aromatic nitrogens is 4. The highest BCUT2D eigenvalue weighted by atomic mass is 32.2. The molecule has 220 valence electrons. The average Bonchev–Trinajstić information content (AvgIpc) is 3.32. The van der Waals surface area contributed by atoms with Crippen molar-refractivity contribution in [3.63, 3.8) is 0 Å². The van der Waals surface area contributed by atoms with E-state index in [1.54, 1.807) is 16.7 Å². The van der Waals surface area contributed by atoms with Crippen molar-refractivity contribution in [2.24, 2.45) is 18.5 Å². The first kappa shape index (κ1) is 29.8. The van der Waals surface area contributed by atoms with Crippen molar-refractivity contribution in [1.82, 2.24) is 18.7 Å². The van der Waals surface area contributed by atoms with E-state index in [0.29, 0.717) is 25.6 Å². The molecule has 1 aliphatic rings. The summed E-state index contributed by atoms with van der Waals surface area (Å²) in [6.07, 6.45) is 6.09. The number of carbonyl (C=O) groups is 1. The minimum Gasteiger partial charge on any atom is -0.405 e. The van der Waals surface area contributed by atoms with E-state index in [0.717, 1.165) is 29.2 Å². The van der Waals surface area contributed by atoms with Crippen molar-refractivity contribution in [2.75, 3.05) is 28.5 Å². The molecular weight excluding hydrogens is 548 g/mol. The van der Waals surface area contributed by atoms with Gasteiger partial charge < -0.3 is 20.9 Å². The molecule has 13 nitrogen and oxygen atoms in total. The fraction of sp³-hybridized carbons (Fsp3) is 0.407. The Morgan fingerprint density at radius 3 is 2.61 bits per heavy atom. The summed E-state index contributed by atoms with van der Waals surface area (Å²) in [5.41, 5.74) is 11.6. The molecular formula is C27H36N8O5S. The second kappa shape index (κ2) is 12.1. The lowest BCUT2D eigenvalue weighted by atomic mass is 10.1. The summed E-state index contributed by atoms with van der Waals surface area (Å²) in [5.74, 6) is -0.466. The second-order valence-electron chi connectivity index (χ2n) is 10.3. The van der Waals surface area contributed by atoms with Crippen molar-refractivity contribution in [3.05, 3.63) is 74.6 Å². The van der Waals surface area contributed by atoms with E-state index in [1.807, 2.05) is 24.8 Å². The van der Waals surface area contributed by atoms with E-state index in [2.05, 4.69) is 4.72 Å². The van der Waals surface area contributed by atoms with E-state index in [1.165, 1.54) is 29.8 Å². The minimum atomic E-state index is -3.84. The SMILES string of the molecule is CC(C)=CCn1c(N2CCCC(N)C2)nc2c1c(=O)n(CC(=O)c1ccccc1NS(=O)(=O)CC=CN)c(=O)n2C. The van der Waals surface area contributed by atoms with Gasteiger partial charge in [0.15, 0.2) is 16.9 Å². The molecule has 41 heavy (non-hydrogen) atoms. The van der Waals surface area contributed by atoms with E-state index in [9.17, 15) is 22.8 Å². The standard InChI is InChI=1S/C27H36N8O5S/c1-18(2)11-14-34-23-24(30-26(34)33-13-6-8-19(29)16-33)32(3)27(38)35(25(23)37)17-22(36)20-9-4-5-10-21(20)31-41(39,40)15-7-12-28/h4-5,7,9-12,19,31H,6,8,13-17,28-29H2,1-3H3. The number of Topliss-reactive ketones (excluding diaryl/α,β-unsaturated/α-hetero) is 1. The van der Waals surface area contributed by atoms with Crippen LogP contribution in [0.5, 0.6) is 0 Å². The lowest BCUT2D eigenvalue weighted by Crippen LogP contribution is -2.44. The van der Waals surface area contributed by atoms with Gasteiger partial charge in [0, 0.05) is 38.3 Å². The van der Waals surface area contributed by atoms with Crippen LogP contribution < -0.4 is 32.3 Å². The fourth-order valence-electron chi connectivity index (χ4n) is 4.81. The number of allylic oxidation sites excluding steroid dienone is 2. The predicted molar refractivity (Wildman–Crippen MR) is 160 cm³/mol. The summed E-state index contributed by atoms with van der Waals surface area (Å²) < 4.78 is 31.1. The van der Waals surface area contributed by atoms with E-state index in [4.69, 9.17) is 16.5 Å². The monoisotopic (exact) mass is 584 g/mol. The summed E-state index contributed by atoms with van der Waals surface area (Å²) in [7, 11) is -2.34. The predicted octanol–water partition coefficient (Wildman–Crippen LogP) is 0.887. The van der Waals surface area contributed by atoms with Gasteiger partial charge in [-0.2, -0.15) is 4.98 Å². The zero-order chi connectivity index (χ0) is 29.9. The zero-order valence-electron chi connectivity index (χ0n) is 23.4. The van der Waals surface area contributed by atoms with Crippen LogP contribution in [0.2, 0.25) is 0 Å². The van der Waals surface area contributed by atoms with Crippen LogP contribution in [-0.4, -0.2) is 57.8 Å². The van der Waals surface area contributed by atoms with Crippen molar-refractivity contribution in [3.8, 4) is 0 Å². The molecule has 1 atom stereocenters. The van der Waals surface area contributed by atoms with Gasteiger partial charge >= 0.3 is 5.69 Å². The molecule has 2 aromatic heterocycles. The Morgan fingerprint density at radius 2 is 1.93 bits per heavy atom. The molecule has 0 saturated carbocycles. The molecule has 1 fully saturated rings. The largest absolute Gasteiger partial charge is 0.405 e. The molecule has 1 aromatic carbocycles. The zero-order valence-corrected chi connectivity index (χ0v) is 24.2. The van der Waals surface area contributed by atoms with Crippen molar-refractivity contribution in [2.45, 2.75) is 45.8 Å². The van der Waals surface area contributed by atoms with E-state index in [-0.39, 0.29) is 34.2 Å². The van der Waals surface area contributed by atoms with Crippen LogP contribution in [0, 0.1) is 0 Å². The number of ketones is 1. The van der Waals surface area contributed by atoms with Gasteiger partial charge in [-0.25, -0.2) is 13.2 Å². The number of anilines is 2. The Hall–Kier alpha value is -4.17. The van der Waals surface area contributed by atoms with Crippen molar-refractivity contribution < 1.29 is 13.2 Å². The molecule has 14 heteroatoms. The first-order chi connectivity index (χ1) is 19.4. The number of hydrogen-bond acceptors (Lipinski definition) is 9. The van der Waals surface area contributed by atoms with E-state index >= 15 is 0 Å². The Kier molecular flexibility index (Phi) is 8.83. The minimum absolute atomic E-state index is 0.0166. The maximum Gasteiger partial charge on any atom is 0.332 e. The Morgan fingerprint density at radius 1 is 1.20 bits per heavy atom. The van der Waals surface area contributed by atoms with Crippen molar-refractivity contribution >= 4 is 38.6 Å². The summed E-state index contributed by atoms with van der Waals surface area (Å²) in [5, 5.41) is 0. The maximum absolute atomic E-state index is 13.9. The lowest BCUT2D eigenvalue weighted by molar-refractivity contribution is 0.0969. The number of para-hydroxylation sites is 1. The number of rotatable bonds is 10. The molecule has 1 saturated heterocycles. The number of nitrogens with two attached hydrogens (primary N) is 2. The highest BCUT2D eigenvalue weighted by Crippen LogP contribution is 2.24. The molecule has 4 rings (SSSR count). The third kappa shape index (κ3) is 6.43. The summed E-state index contributed by atoms with van der Waals surface area (Å²) in [4.78, 5) is 47.4. The molecule has 0 radical (unpaired) electrons. The van der Waals surface area contributed by atoms with Gasteiger partial charge in [0.05, 0.1) is 18.0 Å². The van der Waals surface area contributed by atoms with Crippen LogP contribution in [0.15, 0.2) is 57.8 Å². The molecule has 1 unspecified atom stereocenters. The molecule has 1 aliphatic heterocycles. The van der Waals surface area contributed by atoms with Gasteiger partial charge in [0.25, 0.3) is 5.56 Å². The van der Waals surface area contributed by atoms with Crippen LogP contribution in [0.4, 0.5) is 11.6 Å². The number of sulfonamides is 1. The molecule has 3 aromatic rings. The van der Waals surface area contributed by atoms with E-state index < -0.39 is 33.6 Å². The van der Waals surface area contributed by atoms with Gasteiger partial charge in [0.2, 0.25) is 16.0 Å². The Labute approximate surface area is 237 Å². The molecule has 0 amide bonds. The topological polar surface area (TPSA) is 180 Å². The summed E-state index contributed by atoms with van der Waals surface area (Å²) >= 11 is 0. The Balaban J connectivity index is 1.81. The Bertz CT molecular complexity index is 1750. The van der Waals surface area contributed by atoms with Gasteiger partial charge in [-0.3, -0.25) is 23.4 Å². The number of imidazole rings is 1. The highest BCUT2D eigenvalue weighted by Gasteiger charge is 2.27. The smallest absolute Gasteiger partial charge is 0.332 e. The van der Waals surface area contributed by atoms with Crippen LogP contribution in [0.3, 0.4) is 0 Å².